The van der Waals surface area contributed by atoms with Gasteiger partial charge in [0.05, 0.1) is 24.3 Å². The molecule has 138 valence electrons. The van der Waals surface area contributed by atoms with Crippen LogP contribution < -0.4 is 5.32 Å². The molecule has 1 atom stereocenters. The quantitative estimate of drug-likeness (QED) is 0.385. The molecule has 1 fully saturated rings. The fourth-order valence-electron chi connectivity index (χ4n) is 2.99. The molecular weight excluding hydrogens is 336 g/mol. The molecule has 1 saturated heterocycles. The summed E-state index contributed by atoms with van der Waals surface area (Å²) in [5, 5.41) is 18.6. The Hall–Kier alpha value is -2.94. The maximum Gasteiger partial charge on any atom is 0.274 e. The fraction of sp³-hybridized carbons (Fsp3) is 0.412. The van der Waals surface area contributed by atoms with Gasteiger partial charge in [-0.2, -0.15) is 5.10 Å². The van der Waals surface area contributed by atoms with E-state index >= 15 is 0 Å². The average molecular weight is 358 g/mol. The monoisotopic (exact) mass is 358 g/mol. The Labute approximate surface area is 151 Å². The van der Waals surface area contributed by atoms with E-state index in [-0.39, 0.29) is 16.7 Å². The third-order valence-corrected chi connectivity index (χ3v) is 4.30. The second-order valence-electron chi connectivity index (χ2n) is 6.04. The van der Waals surface area contributed by atoms with Crippen molar-refractivity contribution in [3.63, 3.8) is 0 Å². The number of rotatable bonds is 4. The number of hydrogen-bond donors (Lipinski definition) is 1. The second-order valence-corrected chi connectivity index (χ2v) is 6.04. The molecule has 0 radical (unpaired) electrons. The Balaban J connectivity index is 1.66. The zero-order valence-corrected chi connectivity index (χ0v) is 14.8. The predicted octanol–water partition coefficient (Wildman–Crippen LogP) is 1.48. The number of ether oxygens (including phenoxy) is 1. The second kappa shape index (κ2) is 7.96. The predicted molar refractivity (Wildman–Crippen MR) is 96.8 cm³/mol. The number of nitro groups is 1. The summed E-state index contributed by atoms with van der Waals surface area (Å²) < 4.78 is 7.60. The van der Waals surface area contributed by atoms with Gasteiger partial charge >= 0.3 is 0 Å². The standard InChI is InChI=1S/C17H22N6O3/c1-18-17(19-9-13-5-3-4-6-15(13)23(24)25)22-7-8-26-16(12-22)14-10-20-21(2)11-14/h3-6,10-11,16H,7-9,12H2,1-2H3,(H,18,19). The summed E-state index contributed by atoms with van der Waals surface area (Å²) in [7, 11) is 3.58. The molecule has 9 heteroatoms. The third-order valence-electron chi connectivity index (χ3n) is 4.30. The van der Waals surface area contributed by atoms with Crippen molar-refractivity contribution in [2.45, 2.75) is 12.6 Å². The van der Waals surface area contributed by atoms with E-state index in [4.69, 9.17) is 4.74 Å². The third kappa shape index (κ3) is 3.99. The van der Waals surface area contributed by atoms with Crippen molar-refractivity contribution in [3.05, 3.63) is 57.9 Å². The van der Waals surface area contributed by atoms with E-state index in [9.17, 15) is 10.1 Å². The molecule has 0 bridgehead atoms. The van der Waals surface area contributed by atoms with Crippen molar-refractivity contribution in [3.8, 4) is 0 Å². The Morgan fingerprint density at radius 3 is 3.00 bits per heavy atom. The minimum atomic E-state index is -0.368. The molecule has 1 aliphatic heterocycles. The first-order chi connectivity index (χ1) is 12.6. The van der Waals surface area contributed by atoms with Crippen LogP contribution in [0.1, 0.15) is 17.2 Å². The first kappa shape index (κ1) is 17.9. The lowest BCUT2D eigenvalue weighted by atomic mass is 10.1. The highest BCUT2D eigenvalue weighted by Crippen LogP contribution is 2.22. The van der Waals surface area contributed by atoms with Crippen molar-refractivity contribution < 1.29 is 9.66 Å². The highest BCUT2D eigenvalue weighted by molar-refractivity contribution is 5.80. The SMILES string of the molecule is CN=C(NCc1ccccc1[N+](=O)[O-])N1CCOC(c2cnn(C)c2)C1. The van der Waals surface area contributed by atoms with Crippen LogP contribution in [0.25, 0.3) is 0 Å². The first-order valence-corrected chi connectivity index (χ1v) is 8.36. The van der Waals surface area contributed by atoms with E-state index in [0.29, 0.717) is 37.8 Å². The van der Waals surface area contributed by atoms with Crippen molar-refractivity contribution in [2.24, 2.45) is 12.0 Å². The summed E-state index contributed by atoms with van der Waals surface area (Å²) in [6, 6.07) is 6.71. The zero-order chi connectivity index (χ0) is 18.5. The lowest BCUT2D eigenvalue weighted by molar-refractivity contribution is -0.385. The van der Waals surface area contributed by atoms with Gasteiger partial charge in [-0.1, -0.05) is 18.2 Å². The lowest BCUT2D eigenvalue weighted by Crippen LogP contribution is -2.47. The van der Waals surface area contributed by atoms with E-state index in [0.717, 1.165) is 5.56 Å². The summed E-state index contributed by atoms with van der Waals surface area (Å²) in [6.45, 7) is 2.25. The molecule has 1 aromatic carbocycles. The maximum atomic E-state index is 11.2. The van der Waals surface area contributed by atoms with Crippen molar-refractivity contribution in [1.29, 1.82) is 0 Å². The van der Waals surface area contributed by atoms with E-state index < -0.39 is 0 Å². The maximum absolute atomic E-state index is 11.2. The van der Waals surface area contributed by atoms with Gasteiger partial charge in [-0.25, -0.2) is 0 Å². The summed E-state index contributed by atoms with van der Waals surface area (Å²) >= 11 is 0. The number of nitro benzene ring substituents is 1. The summed E-state index contributed by atoms with van der Waals surface area (Å²) in [5.41, 5.74) is 1.74. The molecule has 26 heavy (non-hydrogen) atoms. The Morgan fingerprint density at radius 2 is 2.31 bits per heavy atom. The van der Waals surface area contributed by atoms with Gasteiger partial charge in [0.25, 0.3) is 5.69 Å². The molecule has 0 amide bonds. The molecule has 0 spiro atoms. The van der Waals surface area contributed by atoms with Crippen LogP contribution in [-0.4, -0.2) is 52.3 Å². The largest absolute Gasteiger partial charge is 0.370 e. The number of nitrogens with one attached hydrogen (secondary N) is 1. The van der Waals surface area contributed by atoms with Crippen LogP contribution in [0.5, 0.6) is 0 Å². The topological polar surface area (TPSA) is 97.8 Å². The molecular formula is C17H22N6O3. The number of aryl methyl sites for hydroxylation is 1. The minimum absolute atomic E-state index is 0.0814. The van der Waals surface area contributed by atoms with Crippen LogP contribution in [0.15, 0.2) is 41.7 Å². The van der Waals surface area contributed by atoms with Crippen molar-refractivity contribution >= 4 is 11.6 Å². The van der Waals surface area contributed by atoms with E-state index in [1.54, 1.807) is 36.1 Å². The number of benzene rings is 1. The Morgan fingerprint density at radius 1 is 1.50 bits per heavy atom. The first-order valence-electron chi connectivity index (χ1n) is 8.36. The molecule has 2 aromatic rings. The Bertz CT molecular complexity index is 803. The zero-order valence-electron chi connectivity index (χ0n) is 14.8. The number of aliphatic imine (C=N–C) groups is 1. The molecule has 1 aliphatic rings. The van der Waals surface area contributed by atoms with E-state index in [2.05, 4.69) is 20.3 Å². The van der Waals surface area contributed by atoms with Gasteiger partial charge in [-0.3, -0.25) is 19.8 Å². The normalized spacial score (nSPS) is 18.0. The highest BCUT2D eigenvalue weighted by atomic mass is 16.6. The fourth-order valence-corrected chi connectivity index (χ4v) is 2.99. The molecule has 1 unspecified atom stereocenters. The van der Waals surface area contributed by atoms with Gasteiger partial charge in [0.2, 0.25) is 0 Å². The summed E-state index contributed by atoms with van der Waals surface area (Å²) in [4.78, 5) is 17.2. The van der Waals surface area contributed by atoms with Crippen molar-refractivity contribution in [1.82, 2.24) is 20.0 Å². The van der Waals surface area contributed by atoms with Crippen LogP contribution in [-0.2, 0) is 18.3 Å². The van der Waals surface area contributed by atoms with Crippen LogP contribution in [0.2, 0.25) is 0 Å². The van der Waals surface area contributed by atoms with Gasteiger partial charge in [-0.15, -0.1) is 0 Å². The lowest BCUT2D eigenvalue weighted by Gasteiger charge is -2.34. The van der Waals surface area contributed by atoms with Gasteiger partial charge < -0.3 is 15.0 Å². The molecule has 9 nitrogen and oxygen atoms in total. The van der Waals surface area contributed by atoms with Crippen LogP contribution in [0, 0.1) is 10.1 Å². The highest BCUT2D eigenvalue weighted by Gasteiger charge is 2.25. The van der Waals surface area contributed by atoms with Gasteiger partial charge in [-0.05, 0) is 0 Å². The molecule has 0 aliphatic carbocycles. The molecule has 3 rings (SSSR count). The molecule has 1 N–H and O–H groups in total. The number of para-hydroxylation sites is 1. The minimum Gasteiger partial charge on any atom is -0.370 e. The van der Waals surface area contributed by atoms with Gasteiger partial charge in [0, 0.05) is 50.6 Å². The summed E-state index contributed by atoms with van der Waals surface area (Å²) in [5.74, 6) is 0.695. The van der Waals surface area contributed by atoms with Crippen molar-refractivity contribution in [2.75, 3.05) is 26.7 Å². The average Bonchev–Trinajstić information content (AvgIpc) is 3.09. The number of nitrogens with zero attached hydrogens (tertiary/aromatic N) is 5. The van der Waals surface area contributed by atoms with Crippen LogP contribution in [0.4, 0.5) is 5.69 Å². The molecule has 1 aromatic heterocycles. The molecule has 0 saturated carbocycles. The van der Waals surface area contributed by atoms with Crippen LogP contribution >= 0.6 is 0 Å². The number of morpholine rings is 1. The summed E-state index contributed by atoms with van der Waals surface area (Å²) in [6.07, 6.45) is 3.66. The van der Waals surface area contributed by atoms with Gasteiger partial charge in [0.15, 0.2) is 5.96 Å². The smallest absolute Gasteiger partial charge is 0.274 e. The number of guanidine groups is 1. The van der Waals surface area contributed by atoms with E-state index in [1.807, 2.05) is 13.2 Å². The molecule has 2 heterocycles. The van der Waals surface area contributed by atoms with E-state index in [1.165, 1.54) is 6.07 Å². The Kier molecular flexibility index (Phi) is 5.47. The van der Waals surface area contributed by atoms with Crippen LogP contribution in [0.3, 0.4) is 0 Å². The van der Waals surface area contributed by atoms with Gasteiger partial charge in [0.1, 0.15) is 6.10 Å². The number of hydrogen-bond acceptors (Lipinski definition) is 5. The number of aromatic nitrogens is 2.